The molecular formula is C28H41N3O5. The van der Waals surface area contributed by atoms with Crippen molar-refractivity contribution >= 4 is 23.5 Å². The van der Waals surface area contributed by atoms with Crippen molar-refractivity contribution in [1.29, 1.82) is 0 Å². The number of aliphatic hydroxyl groups is 1. The molecule has 1 aliphatic heterocycles. The van der Waals surface area contributed by atoms with Gasteiger partial charge in [-0.05, 0) is 86.9 Å². The fourth-order valence-electron chi connectivity index (χ4n) is 9.43. The first-order chi connectivity index (χ1) is 17.0. The Hall–Kier alpha value is -1.96. The van der Waals surface area contributed by atoms with Gasteiger partial charge in [0.05, 0.1) is 11.5 Å². The van der Waals surface area contributed by atoms with Gasteiger partial charge in [0.1, 0.15) is 6.04 Å². The van der Waals surface area contributed by atoms with Crippen LogP contribution in [-0.2, 0) is 19.1 Å². The van der Waals surface area contributed by atoms with E-state index in [1.165, 1.54) is 25.7 Å². The van der Waals surface area contributed by atoms with Crippen molar-refractivity contribution in [2.45, 2.75) is 97.1 Å². The number of nitrogens with one attached hydrogen (secondary N) is 1. The van der Waals surface area contributed by atoms with E-state index in [4.69, 9.17) is 4.74 Å². The number of amides is 2. The Kier molecular flexibility index (Phi) is 5.60. The smallest absolute Gasteiger partial charge is 0.329 e. The van der Waals surface area contributed by atoms with Gasteiger partial charge in [-0.1, -0.05) is 20.8 Å². The molecule has 2 amide bonds. The molecule has 4 unspecified atom stereocenters. The summed E-state index contributed by atoms with van der Waals surface area (Å²) < 4.78 is 5.35. The molecule has 7 fully saturated rings. The van der Waals surface area contributed by atoms with E-state index in [0.717, 1.165) is 37.8 Å². The number of hydrogen-bond acceptors (Lipinski definition) is 6. The molecule has 4 atom stereocenters. The van der Waals surface area contributed by atoms with Gasteiger partial charge in [-0.15, -0.1) is 0 Å². The Morgan fingerprint density at radius 3 is 2.25 bits per heavy atom. The van der Waals surface area contributed by atoms with Gasteiger partial charge in [0.2, 0.25) is 5.91 Å². The number of hydrogen-bond donors (Lipinski definition) is 2. The summed E-state index contributed by atoms with van der Waals surface area (Å²) in [6, 6.07) is -0.829. The molecule has 7 aliphatic rings. The van der Waals surface area contributed by atoms with Crippen LogP contribution < -0.4 is 5.43 Å². The molecule has 1 heterocycles. The van der Waals surface area contributed by atoms with Gasteiger partial charge in [-0.25, -0.2) is 10.2 Å². The summed E-state index contributed by atoms with van der Waals surface area (Å²) in [7, 11) is 0. The van der Waals surface area contributed by atoms with Gasteiger partial charge >= 0.3 is 5.97 Å². The first-order valence-electron chi connectivity index (χ1n) is 14.0. The minimum absolute atomic E-state index is 0.0142. The summed E-state index contributed by atoms with van der Waals surface area (Å²) in [6.45, 7) is 6.51. The molecule has 36 heavy (non-hydrogen) atoms. The van der Waals surface area contributed by atoms with Gasteiger partial charge in [-0.2, -0.15) is 5.10 Å². The third-order valence-corrected chi connectivity index (χ3v) is 11.5. The van der Waals surface area contributed by atoms with Crippen LogP contribution in [0.4, 0.5) is 0 Å². The maximum atomic E-state index is 13.8. The number of carbonyl (C=O) groups is 3. The van der Waals surface area contributed by atoms with Crippen molar-refractivity contribution in [1.82, 2.24) is 10.3 Å². The molecule has 0 spiro atoms. The number of esters is 1. The molecule has 0 aromatic heterocycles. The van der Waals surface area contributed by atoms with Gasteiger partial charge in [-0.3, -0.25) is 9.59 Å². The zero-order valence-electron chi connectivity index (χ0n) is 21.9. The van der Waals surface area contributed by atoms with Crippen LogP contribution in [0.1, 0.15) is 85.0 Å². The number of hydrazone groups is 1. The Bertz CT molecular complexity index is 970. The third kappa shape index (κ3) is 3.64. The Balaban J connectivity index is 1.07. The lowest BCUT2D eigenvalue weighted by Crippen LogP contribution is -2.56. The van der Waals surface area contributed by atoms with Crippen LogP contribution >= 0.6 is 0 Å². The molecule has 1 saturated heterocycles. The summed E-state index contributed by atoms with van der Waals surface area (Å²) in [5, 5.41) is 14.8. The number of likely N-dealkylation sites (tertiary alicyclic amines) is 1. The molecular weight excluding hydrogens is 458 g/mol. The molecule has 6 bridgehead atoms. The topological polar surface area (TPSA) is 108 Å². The fourth-order valence-corrected chi connectivity index (χ4v) is 9.43. The highest BCUT2D eigenvalue weighted by atomic mass is 16.5. The van der Waals surface area contributed by atoms with Crippen molar-refractivity contribution in [3.63, 3.8) is 0 Å². The zero-order valence-corrected chi connectivity index (χ0v) is 21.9. The average Bonchev–Trinajstić information content (AvgIpc) is 3.37. The van der Waals surface area contributed by atoms with Crippen molar-refractivity contribution in [3.8, 4) is 0 Å². The lowest BCUT2D eigenvalue weighted by Gasteiger charge is -2.56. The van der Waals surface area contributed by atoms with Crippen LogP contribution in [0.5, 0.6) is 0 Å². The lowest BCUT2D eigenvalue weighted by molar-refractivity contribution is -0.166. The highest BCUT2D eigenvalue weighted by Crippen LogP contribution is 2.64. The van der Waals surface area contributed by atoms with Crippen molar-refractivity contribution < 1.29 is 24.2 Å². The van der Waals surface area contributed by atoms with Crippen LogP contribution in [0.3, 0.4) is 0 Å². The first-order valence-corrected chi connectivity index (χ1v) is 14.0. The Labute approximate surface area is 213 Å². The van der Waals surface area contributed by atoms with Crippen molar-refractivity contribution in [2.75, 3.05) is 13.2 Å². The highest BCUT2D eigenvalue weighted by Gasteiger charge is 2.60. The highest BCUT2D eigenvalue weighted by molar-refractivity contribution is 5.95. The second kappa shape index (κ2) is 8.27. The largest absolute Gasteiger partial charge is 0.454 e. The molecule has 0 aromatic carbocycles. The van der Waals surface area contributed by atoms with E-state index in [0.29, 0.717) is 23.7 Å². The molecule has 8 nitrogen and oxygen atoms in total. The molecule has 6 aliphatic carbocycles. The van der Waals surface area contributed by atoms with Crippen molar-refractivity contribution in [2.24, 2.45) is 45.0 Å². The van der Waals surface area contributed by atoms with Gasteiger partial charge in [0, 0.05) is 24.1 Å². The summed E-state index contributed by atoms with van der Waals surface area (Å²) in [5.41, 5.74) is 3.39. The van der Waals surface area contributed by atoms with Gasteiger partial charge in [0.15, 0.2) is 6.61 Å². The Morgan fingerprint density at radius 1 is 1.06 bits per heavy atom. The molecule has 6 saturated carbocycles. The Morgan fingerprint density at radius 2 is 1.69 bits per heavy atom. The summed E-state index contributed by atoms with van der Waals surface area (Å²) in [6.07, 6.45) is 9.00. The predicted molar refractivity (Wildman–Crippen MR) is 132 cm³/mol. The van der Waals surface area contributed by atoms with Crippen LogP contribution in [0, 0.1) is 39.9 Å². The number of rotatable bonds is 5. The second-order valence-corrected chi connectivity index (χ2v) is 13.8. The maximum Gasteiger partial charge on any atom is 0.329 e. The quantitative estimate of drug-likeness (QED) is 0.447. The van der Waals surface area contributed by atoms with Crippen LogP contribution in [0.25, 0.3) is 0 Å². The number of fused-ring (bicyclic) bond motifs is 2. The number of ether oxygens (including phenoxy) is 1. The van der Waals surface area contributed by atoms with E-state index in [-0.39, 0.29) is 35.1 Å². The maximum absolute atomic E-state index is 13.8. The predicted octanol–water partition coefficient (Wildman–Crippen LogP) is 3.03. The lowest BCUT2D eigenvalue weighted by atomic mass is 9.49. The molecule has 0 radical (unpaired) electrons. The second-order valence-electron chi connectivity index (χ2n) is 13.8. The number of β-amino-alcohol motifs (C(OH)–C–C–N with tert-alkyl or cyclic N) is 1. The van der Waals surface area contributed by atoms with Crippen molar-refractivity contribution in [3.05, 3.63) is 0 Å². The van der Waals surface area contributed by atoms with E-state index in [1.807, 2.05) is 0 Å². The van der Waals surface area contributed by atoms with E-state index < -0.39 is 30.6 Å². The first kappa shape index (κ1) is 24.4. The van der Waals surface area contributed by atoms with Crippen LogP contribution in [0.15, 0.2) is 5.10 Å². The molecule has 0 aromatic rings. The van der Waals surface area contributed by atoms with E-state index in [2.05, 4.69) is 31.3 Å². The van der Waals surface area contributed by atoms with E-state index in [1.54, 1.807) is 4.90 Å². The molecule has 7 rings (SSSR count). The number of aliphatic hydroxyl groups excluding tert-OH is 1. The molecule has 2 N–H and O–H groups in total. The monoisotopic (exact) mass is 499 g/mol. The van der Waals surface area contributed by atoms with Crippen LogP contribution in [0.2, 0.25) is 0 Å². The standard InChI is InChI=1S/C28H41N3O5/c1-26(2)19-4-5-27(26,3)22(9-19)29-30-23(33)15-36-24(34)21-10-20(32)14-31(21)25(35)28-11-16-6-17(12-28)8-18(7-16)13-28/h16-21,32H,4-15H2,1-3H3,(H,30,33)/b29-22-. The van der Waals surface area contributed by atoms with Gasteiger partial charge in [0.25, 0.3) is 5.91 Å². The van der Waals surface area contributed by atoms with E-state index >= 15 is 0 Å². The number of carbonyl (C=O) groups excluding carboxylic acids is 3. The minimum atomic E-state index is -0.829. The minimum Gasteiger partial charge on any atom is -0.454 e. The van der Waals surface area contributed by atoms with Gasteiger partial charge < -0.3 is 14.7 Å². The summed E-state index contributed by atoms with van der Waals surface area (Å²) >= 11 is 0. The van der Waals surface area contributed by atoms with E-state index in [9.17, 15) is 19.5 Å². The third-order valence-electron chi connectivity index (χ3n) is 11.5. The fraction of sp³-hybridized carbons (Fsp3) is 0.857. The normalized spacial score (nSPS) is 44.9. The number of nitrogens with zero attached hydrogens (tertiary/aromatic N) is 2. The summed E-state index contributed by atoms with van der Waals surface area (Å²) in [4.78, 5) is 40.8. The summed E-state index contributed by atoms with van der Waals surface area (Å²) in [5.74, 6) is 1.37. The van der Waals surface area contributed by atoms with Crippen LogP contribution in [-0.4, -0.2) is 58.8 Å². The molecule has 8 heteroatoms. The molecule has 198 valence electrons. The average molecular weight is 500 g/mol. The zero-order chi connectivity index (χ0) is 25.5. The SMILES string of the molecule is CC12CCC(C/C1=N/NC(=O)COC(=O)C1CC(O)CN1C(=O)C13CC4CC(CC(C4)C1)C3)C2(C)C.